The molecule has 39 heavy (non-hydrogen) atoms. The van der Waals surface area contributed by atoms with Crippen molar-refractivity contribution in [3.63, 3.8) is 0 Å². The Kier molecular flexibility index (Phi) is 8.46. The van der Waals surface area contributed by atoms with E-state index in [0.717, 1.165) is 0 Å². The van der Waals surface area contributed by atoms with Crippen molar-refractivity contribution < 1.29 is 28.9 Å². The lowest BCUT2D eigenvalue weighted by Crippen LogP contribution is -2.40. The molecule has 3 aromatic rings. The number of ether oxygens (including phenoxy) is 3. The van der Waals surface area contributed by atoms with Crippen LogP contribution >= 0.6 is 11.3 Å². The summed E-state index contributed by atoms with van der Waals surface area (Å²) in [6, 6.07) is 10.7. The van der Waals surface area contributed by atoms with Gasteiger partial charge in [-0.15, -0.1) is 0 Å². The lowest BCUT2D eigenvalue weighted by Gasteiger charge is -2.25. The number of allylic oxidation sites excluding steroid dienone is 1. The summed E-state index contributed by atoms with van der Waals surface area (Å²) in [5, 5.41) is 9.17. The second kappa shape index (κ2) is 12.0. The zero-order valence-corrected chi connectivity index (χ0v) is 22.6. The van der Waals surface area contributed by atoms with Gasteiger partial charge in [0.15, 0.2) is 16.3 Å². The Labute approximate surface area is 228 Å². The number of fused-ring (bicyclic) bond motifs is 1. The van der Waals surface area contributed by atoms with Gasteiger partial charge in [0.2, 0.25) is 0 Å². The molecule has 2 aromatic carbocycles. The number of aromatic nitrogens is 1. The second-order valence-corrected chi connectivity index (χ2v) is 9.48. The van der Waals surface area contributed by atoms with E-state index >= 15 is 0 Å². The predicted octanol–water partition coefficient (Wildman–Crippen LogP) is 3.46. The van der Waals surface area contributed by atoms with Crippen LogP contribution < -0.4 is 24.4 Å². The first kappa shape index (κ1) is 27.6. The van der Waals surface area contributed by atoms with Gasteiger partial charge in [0, 0.05) is 0 Å². The monoisotopic (exact) mass is 548 g/mol. The number of carbonyl (C=O) groups is 2. The van der Waals surface area contributed by atoms with Crippen LogP contribution in [0, 0.1) is 0 Å². The van der Waals surface area contributed by atoms with Crippen molar-refractivity contribution in [2.75, 3.05) is 19.8 Å². The summed E-state index contributed by atoms with van der Waals surface area (Å²) in [5.41, 5.74) is 1.79. The van der Waals surface area contributed by atoms with Gasteiger partial charge in [-0.05, 0) is 62.2 Å². The first-order chi connectivity index (χ1) is 18.8. The minimum Gasteiger partial charge on any atom is -0.490 e. The Morgan fingerprint density at radius 1 is 1.10 bits per heavy atom. The van der Waals surface area contributed by atoms with Gasteiger partial charge in [-0.1, -0.05) is 42.2 Å². The second-order valence-electron chi connectivity index (χ2n) is 8.47. The number of thiazole rings is 1. The van der Waals surface area contributed by atoms with E-state index < -0.39 is 18.0 Å². The lowest BCUT2D eigenvalue weighted by molar-refractivity contribution is -0.139. The Morgan fingerprint density at radius 2 is 1.85 bits per heavy atom. The van der Waals surface area contributed by atoms with Crippen LogP contribution in [0.3, 0.4) is 0 Å². The van der Waals surface area contributed by atoms with Gasteiger partial charge >= 0.3 is 11.9 Å². The fraction of sp³-hybridized carbons (Fsp3) is 0.241. The third-order valence-corrected chi connectivity index (χ3v) is 6.90. The highest BCUT2D eigenvalue weighted by molar-refractivity contribution is 7.07. The maximum atomic E-state index is 13.8. The van der Waals surface area contributed by atoms with Gasteiger partial charge < -0.3 is 19.3 Å². The van der Waals surface area contributed by atoms with Crippen LogP contribution in [0.4, 0.5) is 0 Å². The standard InChI is InChI=1S/C29H28N2O7S/c1-5-14-38-21-13-12-20(16-22(21)36-6-2)25-24(28(35)37-7-3)17(4)30-29-31(25)26(32)23(39-29)15-18-8-10-19(11-9-18)27(33)34/h5,8-13,15-16,25H,1,6-7,14H2,2-4H3,(H,33,34)/b23-15-. The molecule has 9 nitrogen and oxygen atoms in total. The van der Waals surface area contributed by atoms with Crippen molar-refractivity contribution in [2.24, 2.45) is 4.99 Å². The van der Waals surface area contributed by atoms with Crippen molar-refractivity contribution >= 4 is 29.4 Å². The van der Waals surface area contributed by atoms with Crippen LogP contribution in [0.25, 0.3) is 6.08 Å². The number of carboxylic acids is 1. The maximum absolute atomic E-state index is 13.8. The molecule has 2 heterocycles. The number of rotatable bonds is 10. The van der Waals surface area contributed by atoms with Gasteiger partial charge in [-0.2, -0.15) is 0 Å². The quantitative estimate of drug-likeness (QED) is 0.305. The molecule has 0 saturated carbocycles. The molecule has 4 rings (SSSR count). The van der Waals surface area contributed by atoms with Crippen molar-refractivity contribution in [3.8, 4) is 11.5 Å². The zero-order chi connectivity index (χ0) is 28.1. The van der Waals surface area contributed by atoms with Crippen molar-refractivity contribution in [2.45, 2.75) is 26.8 Å². The van der Waals surface area contributed by atoms with Crippen molar-refractivity contribution in [1.82, 2.24) is 4.57 Å². The minimum absolute atomic E-state index is 0.147. The Hall–Kier alpha value is -4.44. The number of esters is 1. The Balaban J connectivity index is 1.91. The first-order valence-corrected chi connectivity index (χ1v) is 13.1. The van der Waals surface area contributed by atoms with Crippen molar-refractivity contribution in [1.29, 1.82) is 0 Å². The van der Waals surface area contributed by atoms with Crippen LogP contribution in [0.5, 0.6) is 11.5 Å². The summed E-state index contributed by atoms with van der Waals surface area (Å²) in [6.45, 7) is 9.79. The summed E-state index contributed by atoms with van der Waals surface area (Å²) < 4.78 is 18.8. The lowest BCUT2D eigenvalue weighted by atomic mass is 9.95. The summed E-state index contributed by atoms with van der Waals surface area (Å²) in [5.74, 6) is -0.617. The maximum Gasteiger partial charge on any atom is 0.338 e. The Morgan fingerprint density at radius 3 is 2.49 bits per heavy atom. The molecular weight excluding hydrogens is 520 g/mol. The predicted molar refractivity (Wildman–Crippen MR) is 147 cm³/mol. The van der Waals surface area contributed by atoms with Crippen LogP contribution in [0.15, 0.2) is 76.2 Å². The summed E-state index contributed by atoms with van der Waals surface area (Å²) >= 11 is 1.18. The van der Waals surface area contributed by atoms with Gasteiger partial charge in [0.25, 0.3) is 5.56 Å². The molecule has 0 aliphatic carbocycles. The molecule has 1 aliphatic rings. The molecule has 0 radical (unpaired) electrons. The molecule has 0 bridgehead atoms. The summed E-state index contributed by atoms with van der Waals surface area (Å²) in [4.78, 5) is 43.1. The van der Waals surface area contributed by atoms with Crippen LogP contribution in [-0.4, -0.2) is 41.4 Å². The smallest absolute Gasteiger partial charge is 0.338 e. The molecule has 1 N–H and O–H groups in total. The van der Waals surface area contributed by atoms with E-state index in [9.17, 15) is 14.4 Å². The minimum atomic E-state index is -1.03. The largest absolute Gasteiger partial charge is 0.490 e. The highest BCUT2D eigenvalue weighted by Gasteiger charge is 2.34. The number of aromatic carboxylic acids is 1. The highest BCUT2D eigenvalue weighted by Crippen LogP contribution is 2.36. The average molecular weight is 549 g/mol. The van der Waals surface area contributed by atoms with E-state index in [2.05, 4.69) is 11.6 Å². The fourth-order valence-electron chi connectivity index (χ4n) is 4.21. The number of carboxylic acid groups (broad SMARTS) is 1. The van der Waals surface area contributed by atoms with Crippen molar-refractivity contribution in [3.05, 3.63) is 103 Å². The zero-order valence-electron chi connectivity index (χ0n) is 21.8. The first-order valence-electron chi connectivity index (χ1n) is 12.3. The summed E-state index contributed by atoms with van der Waals surface area (Å²) in [6.07, 6.45) is 3.30. The number of benzene rings is 2. The SMILES string of the molecule is C=CCOc1ccc(C2C(C(=O)OCC)=C(C)N=c3s/c(=C\c4ccc(C(=O)O)cc4)c(=O)n32)cc1OCC. The number of hydrogen-bond acceptors (Lipinski definition) is 8. The molecule has 1 aromatic heterocycles. The Bertz CT molecular complexity index is 1630. The molecule has 1 aliphatic heterocycles. The third kappa shape index (κ3) is 5.70. The van der Waals surface area contributed by atoms with E-state index in [0.29, 0.717) is 44.3 Å². The van der Waals surface area contributed by atoms with E-state index in [1.165, 1.54) is 28.0 Å². The molecule has 1 unspecified atom stereocenters. The van der Waals surface area contributed by atoms with Crippen LogP contribution in [0.1, 0.15) is 48.3 Å². The fourth-order valence-corrected chi connectivity index (χ4v) is 5.26. The molecule has 1 atom stereocenters. The van der Waals surface area contributed by atoms with Gasteiger partial charge in [-0.3, -0.25) is 9.36 Å². The van der Waals surface area contributed by atoms with E-state index in [1.807, 2.05) is 6.92 Å². The van der Waals surface area contributed by atoms with E-state index in [4.69, 9.17) is 19.3 Å². The van der Waals surface area contributed by atoms with Crippen LogP contribution in [0.2, 0.25) is 0 Å². The molecule has 0 amide bonds. The highest BCUT2D eigenvalue weighted by atomic mass is 32.1. The molecule has 0 saturated heterocycles. The molecular formula is C29H28N2O7S. The number of hydrogen-bond donors (Lipinski definition) is 1. The molecule has 0 fully saturated rings. The summed E-state index contributed by atoms with van der Waals surface area (Å²) in [7, 11) is 0. The topological polar surface area (TPSA) is 116 Å². The normalized spacial score (nSPS) is 14.8. The molecule has 0 spiro atoms. The van der Waals surface area contributed by atoms with Gasteiger partial charge in [0.05, 0.1) is 40.6 Å². The van der Waals surface area contributed by atoms with E-state index in [-0.39, 0.29) is 29.9 Å². The molecule has 10 heteroatoms. The molecule has 202 valence electrons. The van der Waals surface area contributed by atoms with Gasteiger partial charge in [0.1, 0.15) is 6.61 Å². The van der Waals surface area contributed by atoms with Crippen LogP contribution in [-0.2, 0) is 9.53 Å². The van der Waals surface area contributed by atoms with E-state index in [1.54, 1.807) is 56.3 Å². The average Bonchev–Trinajstić information content (AvgIpc) is 3.21. The van der Waals surface area contributed by atoms with Gasteiger partial charge in [-0.25, -0.2) is 14.6 Å². The number of carbonyl (C=O) groups excluding carboxylic acids is 1. The third-order valence-electron chi connectivity index (χ3n) is 5.91. The number of nitrogens with zero attached hydrogens (tertiary/aromatic N) is 2.